The summed E-state index contributed by atoms with van der Waals surface area (Å²) in [6.45, 7) is 13.3. The van der Waals surface area contributed by atoms with Crippen LogP contribution in [0, 0.1) is 10.8 Å². The number of nitrogens with two attached hydrogens (primary N) is 1. The molecule has 0 saturated carbocycles. The first kappa shape index (κ1) is 24.9. The summed E-state index contributed by atoms with van der Waals surface area (Å²) in [6.07, 6.45) is -4.27. The fourth-order valence-electron chi connectivity index (χ4n) is 3.90. The second-order valence-corrected chi connectivity index (χ2v) is 10.9. The van der Waals surface area contributed by atoms with Crippen LogP contribution < -0.4 is 5.73 Å². The molecule has 29 heavy (non-hydrogen) atoms. The molecule has 2 saturated heterocycles. The van der Waals surface area contributed by atoms with E-state index in [1.807, 2.05) is 41.5 Å². The van der Waals surface area contributed by atoms with Gasteiger partial charge in [0, 0.05) is 18.3 Å². The lowest BCUT2D eigenvalue weighted by Crippen LogP contribution is -2.62. The molecule has 8 nitrogen and oxygen atoms in total. The van der Waals surface area contributed by atoms with Gasteiger partial charge in [-0.25, -0.2) is 0 Å². The lowest BCUT2D eigenvalue weighted by molar-refractivity contribution is -0.328. The van der Waals surface area contributed by atoms with Crippen molar-refractivity contribution in [3.8, 4) is 0 Å². The van der Waals surface area contributed by atoms with Gasteiger partial charge in [-0.3, -0.25) is 0 Å². The fourth-order valence-corrected chi connectivity index (χ4v) is 3.90. The van der Waals surface area contributed by atoms with Gasteiger partial charge in [0.05, 0.1) is 36.6 Å². The maximum absolute atomic E-state index is 11.0. The molecular formula is C21H41NO7. The van der Waals surface area contributed by atoms with Crippen LogP contribution in [0.25, 0.3) is 0 Å². The third-order valence-electron chi connectivity index (χ3n) is 6.22. The number of aliphatic hydroxyl groups excluding tert-OH is 3. The highest BCUT2D eigenvalue weighted by molar-refractivity contribution is 4.94. The molecule has 0 aromatic heterocycles. The zero-order chi connectivity index (χ0) is 22.4. The van der Waals surface area contributed by atoms with Gasteiger partial charge < -0.3 is 40.4 Å². The molecule has 5 unspecified atom stereocenters. The van der Waals surface area contributed by atoms with Crippen LogP contribution in [0.3, 0.4) is 0 Å². The van der Waals surface area contributed by atoms with Crippen molar-refractivity contribution < 1.29 is 34.6 Å². The lowest BCUT2D eigenvalue weighted by atomic mass is 9.78. The zero-order valence-electron chi connectivity index (χ0n) is 18.8. The molecule has 0 aromatic rings. The molecule has 0 amide bonds. The summed E-state index contributed by atoms with van der Waals surface area (Å²) in [4.78, 5) is 0. The largest absolute Gasteiger partial charge is 0.393 e. The van der Waals surface area contributed by atoms with Gasteiger partial charge >= 0.3 is 0 Å². The summed E-state index contributed by atoms with van der Waals surface area (Å²) in [7, 11) is 0. The molecule has 2 aliphatic heterocycles. The number of rotatable bonds is 4. The monoisotopic (exact) mass is 419 g/mol. The molecule has 6 N–H and O–H groups in total. The van der Waals surface area contributed by atoms with Crippen molar-refractivity contribution in [2.75, 3.05) is 0 Å². The van der Waals surface area contributed by atoms with E-state index in [1.54, 1.807) is 6.92 Å². The first-order chi connectivity index (χ1) is 13.0. The van der Waals surface area contributed by atoms with Crippen molar-refractivity contribution in [1.29, 1.82) is 0 Å². The molecule has 0 bridgehead atoms. The molecule has 2 fully saturated rings. The van der Waals surface area contributed by atoms with Crippen molar-refractivity contribution in [2.45, 2.75) is 122 Å². The Hall–Kier alpha value is -0.320. The average Bonchev–Trinajstić information content (AvgIpc) is 2.54. The van der Waals surface area contributed by atoms with E-state index in [9.17, 15) is 20.4 Å². The van der Waals surface area contributed by atoms with Crippen molar-refractivity contribution in [2.24, 2.45) is 16.6 Å². The normalized spacial score (nSPS) is 43.2. The Bertz CT molecular complexity index is 546. The molecule has 2 heterocycles. The number of hydrogen-bond acceptors (Lipinski definition) is 8. The Balaban J connectivity index is 2.15. The van der Waals surface area contributed by atoms with Gasteiger partial charge in [-0.2, -0.15) is 0 Å². The Morgan fingerprint density at radius 1 is 1.10 bits per heavy atom. The van der Waals surface area contributed by atoms with Crippen LogP contribution in [0.15, 0.2) is 0 Å². The second kappa shape index (κ2) is 8.67. The van der Waals surface area contributed by atoms with Crippen LogP contribution in [0.4, 0.5) is 0 Å². The molecule has 0 radical (unpaired) electrons. The molecule has 0 aliphatic carbocycles. The van der Waals surface area contributed by atoms with Gasteiger partial charge in [-0.1, -0.05) is 41.5 Å². The van der Waals surface area contributed by atoms with Gasteiger partial charge in [0.15, 0.2) is 12.1 Å². The summed E-state index contributed by atoms with van der Waals surface area (Å²) in [5.74, 6) is -1.44. The van der Waals surface area contributed by atoms with Crippen LogP contribution in [0.5, 0.6) is 0 Å². The third kappa shape index (κ3) is 5.68. The molecule has 2 aliphatic rings. The summed E-state index contributed by atoms with van der Waals surface area (Å²) >= 11 is 0. The van der Waals surface area contributed by atoms with Crippen molar-refractivity contribution in [1.82, 2.24) is 0 Å². The minimum atomic E-state index is -1.44. The number of ether oxygens (including phenoxy) is 3. The maximum atomic E-state index is 11.0. The van der Waals surface area contributed by atoms with E-state index >= 15 is 0 Å². The van der Waals surface area contributed by atoms with E-state index in [1.165, 1.54) is 0 Å². The van der Waals surface area contributed by atoms with E-state index in [0.29, 0.717) is 12.8 Å². The van der Waals surface area contributed by atoms with Crippen LogP contribution in [0.2, 0.25) is 0 Å². The summed E-state index contributed by atoms with van der Waals surface area (Å²) in [6, 6.07) is -0.872. The molecule has 0 aromatic carbocycles. The van der Waals surface area contributed by atoms with Crippen molar-refractivity contribution in [3.05, 3.63) is 0 Å². The fraction of sp³-hybridized carbons (Fsp3) is 1.00. The predicted molar refractivity (Wildman–Crippen MR) is 108 cm³/mol. The Morgan fingerprint density at radius 3 is 2.21 bits per heavy atom. The van der Waals surface area contributed by atoms with Crippen LogP contribution >= 0.6 is 0 Å². The molecule has 8 heteroatoms. The van der Waals surface area contributed by atoms with Crippen molar-refractivity contribution >= 4 is 0 Å². The van der Waals surface area contributed by atoms with E-state index in [-0.39, 0.29) is 11.8 Å². The summed E-state index contributed by atoms with van der Waals surface area (Å²) in [5.41, 5.74) is 5.02. The van der Waals surface area contributed by atoms with Crippen LogP contribution in [-0.2, 0) is 14.2 Å². The summed E-state index contributed by atoms with van der Waals surface area (Å²) in [5, 5.41) is 41.8. The summed E-state index contributed by atoms with van der Waals surface area (Å²) < 4.78 is 17.9. The molecule has 0 spiro atoms. The Labute approximate surface area is 174 Å². The minimum absolute atomic E-state index is 0.156. The Kier molecular flexibility index (Phi) is 7.46. The maximum Gasteiger partial charge on any atom is 0.185 e. The van der Waals surface area contributed by atoms with Crippen molar-refractivity contribution in [3.63, 3.8) is 0 Å². The highest BCUT2D eigenvalue weighted by atomic mass is 16.7. The first-order valence-electron chi connectivity index (χ1n) is 10.6. The minimum Gasteiger partial charge on any atom is -0.393 e. The smallest absolute Gasteiger partial charge is 0.185 e. The van der Waals surface area contributed by atoms with E-state index in [4.69, 9.17) is 19.9 Å². The SMILES string of the molecule is CC1OC(O[C@H](C[C@H]2C[C@@H](O)C[C@@](O)(C(C)(C)C)O2)C(C)(C)C)C(O)C(N)C1O. The van der Waals surface area contributed by atoms with Crippen LogP contribution in [-0.4, -0.2) is 75.2 Å². The third-order valence-corrected chi connectivity index (χ3v) is 6.22. The molecule has 9 atom stereocenters. The standard InChI is InChI=1S/C21H41NO7/c1-11-16(24)15(22)17(25)18(27-11)28-14(19(2,3)4)9-13-8-12(23)10-21(26,29-13)20(5,6)7/h11-18,23-26H,8-10,22H2,1-7H3/t11?,12-,13-,14-,15?,16?,17?,18?,21+/m1/s1. The van der Waals surface area contributed by atoms with Gasteiger partial charge in [-0.05, 0) is 18.8 Å². The highest BCUT2D eigenvalue weighted by Crippen LogP contribution is 2.42. The predicted octanol–water partition coefficient (Wildman–Crippen LogP) is 0.876. The van der Waals surface area contributed by atoms with Gasteiger partial charge in [0.1, 0.15) is 6.10 Å². The second-order valence-electron chi connectivity index (χ2n) is 10.9. The number of hydrogen-bond donors (Lipinski definition) is 5. The zero-order valence-corrected chi connectivity index (χ0v) is 18.8. The van der Waals surface area contributed by atoms with E-state index < -0.39 is 60.2 Å². The molecule has 172 valence electrons. The molecular weight excluding hydrogens is 378 g/mol. The quantitative estimate of drug-likeness (QED) is 0.453. The number of aliphatic hydroxyl groups is 4. The highest BCUT2D eigenvalue weighted by Gasteiger charge is 2.49. The van der Waals surface area contributed by atoms with Crippen LogP contribution in [0.1, 0.15) is 67.7 Å². The van der Waals surface area contributed by atoms with Gasteiger partial charge in [0.25, 0.3) is 0 Å². The van der Waals surface area contributed by atoms with E-state index in [0.717, 1.165) is 0 Å². The lowest BCUT2D eigenvalue weighted by Gasteiger charge is -2.49. The first-order valence-corrected chi connectivity index (χ1v) is 10.6. The van der Waals surface area contributed by atoms with Gasteiger partial charge in [-0.15, -0.1) is 0 Å². The Morgan fingerprint density at radius 2 is 1.69 bits per heavy atom. The average molecular weight is 420 g/mol. The van der Waals surface area contributed by atoms with Gasteiger partial charge in [0.2, 0.25) is 0 Å². The topological polar surface area (TPSA) is 135 Å². The van der Waals surface area contributed by atoms with E-state index in [2.05, 4.69) is 0 Å². The molecule has 2 rings (SSSR count).